The lowest BCUT2D eigenvalue weighted by molar-refractivity contribution is 0.174. The molecule has 0 aliphatic rings. The Morgan fingerprint density at radius 1 is 1.35 bits per heavy atom. The van der Waals surface area contributed by atoms with Crippen LogP contribution in [-0.4, -0.2) is 39.2 Å². The van der Waals surface area contributed by atoms with Crippen LogP contribution >= 0.6 is 0 Å². The minimum atomic E-state index is -0.686. The van der Waals surface area contributed by atoms with Crippen molar-refractivity contribution >= 4 is 23.2 Å². The Labute approximate surface area is 114 Å². The third kappa shape index (κ3) is 3.10. The fourth-order valence-electron chi connectivity index (χ4n) is 1.37. The van der Waals surface area contributed by atoms with E-state index in [9.17, 15) is 4.79 Å². The largest absolute Gasteiger partial charge is 0.472 e. The fraction of sp³-hybridized carbons (Fsp3) is 0.167. The smallest absolute Gasteiger partial charge is 0.414 e. The van der Waals surface area contributed by atoms with Crippen LogP contribution in [0.1, 0.15) is 0 Å². The highest BCUT2D eigenvalue weighted by molar-refractivity contribution is 5.85. The molecule has 2 aromatic rings. The molecule has 2 N–H and O–H groups in total. The number of amides is 1. The zero-order chi connectivity index (χ0) is 14.4. The van der Waals surface area contributed by atoms with E-state index >= 15 is 0 Å². The molecular weight excluding hydrogens is 262 g/mol. The van der Waals surface area contributed by atoms with Crippen molar-refractivity contribution in [3.8, 4) is 5.88 Å². The molecule has 0 atom stereocenters. The van der Waals surface area contributed by atoms with Gasteiger partial charge in [-0.05, 0) is 0 Å². The number of hydrogen-bond acceptors (Lipinski definition) is 6. The zero-order valence-electron chi connectivity index (χ0n) is 10.6. The number of nitrogens with one attached hydrogen (secondary N) is 2. The summed E-state index contributed by atoms with van der Waals surface area (Å²) in [6, 6.07) is 0. The summed E-state index contributed by atoms with van der Waals surface area (Å²) in [4.78, 5) is 26.4. The monoisotopic (exact) mass is 275 g/mol. The predicted octanol–water partition coefficient (Wildman–Crippen LogP) is 1.65. The first-order valence-corrected chi connectivity index (χ1v) is 5.74. The number of ether oxygens (including phenoxy) is 2. The van der Waals surface area contributed by atoms with Gasteiger partial charge in [0.05, 0.1) is 6.33 Å². The van der Waals surface area contributed by atoms with E-state index in [2.05, 4.69) is 38.4 Å². The van der Waals surface area contributed by atoms with Gasteiger partial charge in [0.25, 0.3) is 0 Å². The van der Waals surface area contributed by atoms with E-state index in [1.807, 2.05) is 0 Å². The number of aromatic amines is 1. The van der Waals surface area contributed by atoms with E-state index in [0.29, 0.717) is 11.2 Å². The number of nitrogens with zero attached hydrogens (tertiary/aromatic N) is 3. The van der Waals surface area contributed by atoms with Crippen LogP contribution in [0.15, 0.2) is 31.6 Å². The second-order valence-electron chi connectivity index (χ2n) is 3.57. The summed E-state index contributed by atoms with van der Waals surface area (Å²) in [5, 5.41) is 2.38. The van der Waals surface area contributed by atoms with Crippen LogP contribution in [-0.2, 0) is 4.74 Å². The van der Waals surface area contributed by atoms with Crippen LogP contribution in [0.4, 0.5) is 10.7 Å². The first kappa shape index (κ1) is 13.5. The third-order valence-electron chi connectivity index (χ3n) is 2.14. The lowest BCUT2D eigenvalue weighted by Crippen LogP contribution is -2.16. The Hall–Kier alpha value is -2.90. The number of anilines is 1. The van der Waals surface area contributed by atoms with Gasteiger partial charge in [0.2, 0.25) is 11.8 Å². The van der Waals surface area contributed by atoms with Gasteiger partial charge in [-0.25, -0.2) is 9.78 Å². The maximum atomic E-state index is 11.4. The number of carbonyl (C=O) groups is 1. The van der Waals surface area contributed by atoms with Crippen molar-refractivity contribution in [1.29, 1.82) is 0 Å². The average Bonchev–Trinajstić information content (AvgIpc) is 2.90. The summed E-state index contributed by atoms with van der Waals surface area (Å²) < 4.78 is 10.2. The normalized spacial score (nSPS) is 10.0. The second kappa shape index (κ2) is 6.32. The van der Waals surface area contributed by atoms with Crippen LogP contribution in [0.2, 0.25) is 0 Å². The number of aromatic nitrogens is 4. The molecular formula is C12H13N5O3. The minimum absolute atomic E-state index is 0.0396. The molecule has 20 heavy (non-hydrogen) atoms. The summed E-state index contributed by atoms with van der Waals surface area (Å²) in [6.07, 6.45) is 3.81. The molecule has 2 heterocycles. The molecule has 0 aliphatic heterocycles. The molecule has 104 valence electrons. The van der Waals surface area contributed by atoms with E-state index in [4.69, 9.17) is 9.47 Å². The summed E-state index contributed by atoms with van der Waals surface area (Å²) in [7, 11) is 0. The molecule has 0 fully saturated rings. The second-order valence-corrected chi connectivity index (χ2v) is 3.57. The summed E-state index contributed by atoms with van der Waals surface area (Å²) >= 11 is 0. The minimum Gasteiger partial charge on any atom is -0.472 e. The lowest BCUT2D eigenvalue weighted by Gasteiger charge is -2.07. The number of imidazole rings is 1. The van der Waals surface area contributed by atoms with E-state index in [1.165, 1.54) is 12.4 Å². The molecule has 2 rings (SSSR count). The number of hydrogen-bond donors (Lipinski definition) is 2. The van der Waals surface area contributed by atoms with Gasteiger partial charge in [0.15, 0.2) is 5.65 Å². The Balaban J connectivity index is 2.22. The van der Waals surface area contributed by atoms with Crippen molar-refractivity contribution in [3.05, 3.63) is 31.6 Å². The van der Waals surface area contributed by atoms with Gasteiger partial charge in [0, 0.05) is 0 Å². The summed E-state index contributed by atoms with van der Waals surface area (Å²) in [5.74, 6) is 0.309. The maximum absolute atomic E-state index is 11.4. The number of fused-ring (bicyclic) bond motifs is 1. The SMILES string of the molecule is C=CCOC(=O)Nc1nc(OCC=C)c2[nH]cnc2n1. The van der Waals surface area contributed by atoms with Crippen LogP contribution in [0.3, 0.4) is 0 Å². The lowest BCUT2D eigenvalue weighted by atomic mass is 10.5. The molecule has 1 amide bonds. The van der Waals surface area contributed by atoms with E-state index in [0.717, 1.165) is 0 Å². The number of carbonyl (C=O) groups excluding carboxylic acids is 1. The highest BCUT2D eigenvalue weighted by atomic mass is 16.5. The molecule has 8 nitrogen and oxygen atoms in total. The van der Waals surface area contributed by atoms with Gasteiger partial charge < -0.3 is 14.5 Å². The van der Waals surface area contributed by atoms with Gasteiger partial charge >= 0.3 is 6.09 Å². The third-order valence-corrected chi connectivity index (χ3v) is 2.14. The molecule has 0 spiro atoms. The van der Waals surface area contributed by atoms with Crippen molar-refractivity contribution < 1.29 is 14.3 Å². The van der Waals surface area contributed by atoms with Gasteiger partial charge in [-0.2, -0.15) is 9.97 Å². The highest BCUT2D eigenvalue weighted by Crippen LogP contribution is 2.20. The Morgan fingerprint density at radius 3 is 2.90 bits per heavy atom. The van der Waals surface area contributed by atoms with Crippen LogP contribution in [0.5, 0.6) is 5.88 Å². The molecule has 2 aromatic heterocycles. The van der Waals surface area contributed by atoms with Crippen molar-refractivity contribution in [2.75, 3.05) is 18.5 Å². The van der Waals surface area contributed by atoms with Crippen molar-refractivity contribution in [3.63, 3.8) is 0 Å². The van der Waals surface area contributed by atoms with E-state index < -0.39 is 6.09 Å². The quantitative estimate of drug-likeness (QED) is 0.777. The van der Waals surface area contributed by atoms with Crippen molar-refractivity contribution in [2.24, 2.45) is 0 Å². The number of rotatable bonds is 6. The van der Waals surface area contributed by atoms with E-state index in [1.54, 1.807) is 6.08 Å². The molecule has 0 radical (unpaired) electrons. The first-order valence-electron chi connectivity index (χ1n) is 5.74. The van der Waals surface area contributed by atoms with Crippen LogP contribution < -0.4 is 10.1 Å². The van der Waals surface area contributed by atoms with E-state index in [-0.39, 0.29) is 25.0 Å². The molecule has 0 saturated carbocycles. The first-order chi connectivity index (χ1) is 9.74. The molecule has 0 unspecified atom stereocenters. The summed E-state index contributed by atoms with van der Waals surface area (Å²) in [5.41, 5.74) is 0.912. The van der Waals surface area contributed by atoms with Gasteiger partial charge in [-0.3, -0.25) is 5.32 Å². The topological polar surface area (TPSA) is 102 Å². The Morgan fingerprint density at radius 2 is 2.15 bits per heavy atom. The average molecular weight is 275 g/mol. The van der Waals surface area contributed by atoms with Gasteiger partial charge in [-0.15, -0.1) is 0 Å². The van der Waals surface area contributed by atoms with Gasteiger partial charge in [-0.1, -0.05) is 25.3 Å². The Bertz CT molecular complexity index is 637. The van der Waals surface area contributed by atoms with Crippen LogP contribution in [0, 0.1) is 0 Å². The highest BCUT2D eigenvalue weighted by Gasteiger charge is 2.13. The standard InChI is InChI=1S/C12H13N5O3/c1-3-5-19-10-8-9(14-7-13-8)15-11(16-10)17-12(18)20-6-4-2/h3-4,7H,1-2,5-6H2,(H2,13,14,15,16,17,18). The molecule has 0 bridgehead atoms. The molecule has 0 aromatic carbocycles. The maximum Gasteiger partial charge on any atom is 0.414 e. The van der Waals surface area contributed by atoms with Crippen LogP contribution in [0.25, 0.3) is 11.2 Å². The fourth-order valence-corrected chi connectivity index (χ4v) is 1.37. The van der Waals surface area contributed by atoms with Crippen molar-refractivity contribution in [1.82, 2.24) is 19.9 Å². The molecule has 0 aliphatic carbocycles. The van der Waals surface area contributed by atoms with Crippen molar-refractivity contribution in [2.45, 2.75) is 0 Å². The Kier molecular flexibility index (Phi) is 4.28. The molecule has 8 heteroatoms. The molecule has 0 saturated heterocycles. The van der Waals surface area contributed by atoms with Gasteiger partial charge in [0.1, 0.15) is 18.7 Å². The predicted molar refractivity (Wildman–Crippen MR) is 72.5 cm³/mol. The summed E-state index contributed by atoms with van der Waals surface area (Å²) in [6.45, 7) is 7.36. The number of H-pyrrole nitrogens is 1. The zero-order valence-corrected chi connectivity index (χ0v) is 10.6.